The molecule has 1 N–H and O–H groups in total. The van der Waals surface area contributed by atoms with Crippen LogP contribution in [0.1, 0.15) is 23.2 Å². The van der Waals surface area contributed by atoms with Gasteiger partial charge in [0, 0.05) is 24.3 Å². The van der Waals surface area contributed by atoms with Crippen molar-refractivity contribution in [3.63, 3.8) is 0 Å². The van der Waals surface area contributed by atoms with E-state index >= 15 is 0 Å². The Morgan fingerprint density at radius 3 is 2.95 bits per heavy atom. The molecule has 1 saturated heterocycles. The van der Waals surface area contributed by atoms with Crippen LogP contribution in [0.4, 0.5) is 0 Å². The third-order valence-electron chi connectivity index (χ3n) is 3.59. The number of rotatable bonds is 3. The van der Waals surface area contributed by atoms with Crippen LogP contribution in [0.5, 0.6) is 0 Å². The summed E-state index contributed by atoms with van der Waals surface area (Å²) >= 11 is 3.25. The molecule has 0 spiro atoms. The number of morpholine rings is 1. The average Bonchev–Trinajstić information content (AvgIpc) is 3.30. The van der Waals surface area contributed by atoms with Crippen molar-refractivity contribution in [2.75, 3.05) is 19.8 Å². The molecule has 1 aliphatic carbocycles. The Kier molecular flexibility index (Phi) is 4.21. The summed E-state index contributed by atoms with van der Waals surface area (Å²) in [5.74, 6) is -0.295. The van der Waals surface area contributed by atoms with Crippen molar-refractivity contribution in [2.24, 2.45) is 0 Å². The maximum absolute atomic E-state index is 12.6. The van der Waals surface area contributed by atoms with Crippen LogP contribution >= 0.6 is 15.9 Å². The van der Waals surface area contributed by atoms with E-state index in [0.29, 0.717) is 23.3 Å². The molecular weight excluding hydrogens is 338 g/mol. The van der Waals surface area contributed by atoms with E-state index in [-0.39, 0.29) is 24.5 Å². The molecule has 2 aliphatic rings. The van der Waals surface area contributed by atoms with E-state index in [4.69, 9.17) is 4.74 Å². The van der Waals surface area contributed by atoms with E-state index in [1.165, 1.54) is 0 Å². The van der Waals surface area contributed by atoms with E-state index in [9.17, 15) is 9.59 Å². The monoisotopic (exact) mass is 353 g/mol. The Hall–Kier alpha value is -1.47. The van der Waals surface area contributed by atoms with E-state index < -0.39 is 6.04 Å². The fraction of sp³-hybridized carbons (Fsp3) is 0.500. The standard InChI is InChI=1S/C14H16BrN3O3/c15-12-7-9(3-4-16-12)14(20)18-5-6-21-8-11(18)13(19)17-10-1-2-10/h3-4,7,10-11H,1-2,5-6,8H2,(H,17,19). The second-order valence-corrected chi connectivity index (χ2v) is 6.05. The molecule has 2 heterocycles. The predicted molar refractivity (Wildman–Crippen MR) is 78.7 cm³/mol. The molecule has 7 heteroatoms. The molecule has 6 nitrogen and oxygen atoms in total. The Bertz CT molecular complexity index is 562. The van der Waals surface area contributed by atoms with Gasteiger partial charge in [0.05, 0.1) is 13.2 Å². The number of amides is 2. The fourth-order valence-corrected chi connectivity index (χ4v) is 2.66. The molecule has 1 unspecified atom stereocenters. The molecule has 1 aromatic heterocycles. The highest BCUT2D eigenvalue weighted by atomic mass is 79.9. The van der Waals surface area contributed by atoms with Crippen molar-refractivity contribution < 1.29 is 14.3 Å². The zero-order valence-electron chi connectivity index (χ0n) is 11.4. The minimum atomic E-state index is -0.557. The van der Waals surface area contributed by atoms with Gasteiger partial charge in [-0.15, -0.1) is 0 Å². The van der Waals surface area contributed by atoms with Crippen LogP contribution in [0.15, 0.2) is 22.9 Å². The van der Waals surface area contributed by atoms with Gasteiger partial charge in [-0.05, 0) is 40.9 Å². The number of nitrogens with zero attached hydrogens (tertiary/aromatic N) is 2. The van der Waals surface area contributed by atoms with Crippen LogP contribution in [0.3, 0.4) is 0 Å². The highest BCUT2D eigenvalue weighted by molar-refractivity contribution is 9.10. The smallest absolute Gasteiger partial charge is 0.254 e. The van der Waals surface area contributed by atoms with Crippen LogP contribution in [0, 0.1) is 0 Å². The van der Waals surface area contributed by atoms with E-state index in [2.05, 4.69) is 26.2 Å². The van der Waals surface area contributed by atoms with Gasteiger partial charge in [-0.2, -0.15) is 0 Å². The first-order valence-electron chi connectivity index (χ1n) is 6.96. The number of hydrogen-bond acceptors (Lipinski definition) is 4. The maximum atomic E-state index is 12.6. The summed E-state index contributed by atoms with van der Waals surface area (Å²) in [4.78, 5) is 30.5. The van der Waals surface area contributed by atoms with E-state index in [1.54, 1.807) is 23.2 Å². The van der Waals surface area contributed by atoms with Crippen LogP contribution in [0.25, 0.3) is 0 Å². The van der Waals surface area contributed by atoms with Gasteiger partial charge in [0.25, 0.3) is 5.91 Å². The van der Waals surface area contributed by atoms with Crippen LogP contribution < -0.4 is 5.32 Å². The molecule has 112 valence electrons. The number of carbonyl (C=O) groups excluding carboxylic acids is 2. The first kappa shape index (κ1) is 14.5. The molecule has 3 rings (SSSR count). The summed E-state index contributed by atoms with van der Waals surface area (Å²) in [6.45, 7) is 1.11. The Morgan fingerprint density at radius 1 is 1.43 bits per heavy atom. The SMILES string of the molecule is O=C(NC1CC1)C1COCCN1C(=O)c1ccnc(Br)c1. The molecule has 0 bridgehead atoms. The van der Waals surface area contributed by atoms with Crippen molar-refractivity contribution in [3.8, 4) is 0 Å². The molecule has 1 aliphatic heterocycles. The molecule has 1 saturated carbocycles. The molecular formula is C14H16BrN3O3. The first-order valence-corrected chi connectivity index (χ1v) is 7.75. The van der Waals surface area contributed by atoms with Crippen molar-refractivity contribution in [2.45, 2.75) is 24.9 Å². The topological polar surface area (TPSA) is 71.5 Å². The zero-order chi connectivity index (χ0) is 14.8. The van der Waals surface area contributed by atoms with Gasteiger partial charge in [0.15, 0.2) is 0 Å². The van der Waals surface area contributed by atoms with Crippen molar-refractivity contribution >= 4 is 27.7 Å². The zero-order valence-corrected chi connectivity index (χ0v) is 13.0. The third kappa shape index (κ3) is 3.41. The first-order chi connectivity index (χ1) is 10.1. The highest BCUT2D eigenvalue weighted by Gasteiger charge is 2.35. The summed E-state index contributed by atoms with van der Waals surface area (Å²) in [7, 11) is 0. The summed E-state index contributed by atoms with van der Waals surface area (Å²) in [6.07, 6.45) is 3.60. The van der Waals surface area contributed by atoms with E-state index in [0.717, 1.165) is 12.8 Å². The minimum Gasteiger partial charge on any atom is -0.377 e. The summed E-state index contributed by atoms with van der Waals surface area (Å²) in [5.41, 5.74) is 0.517. The number of aromatic nitrogens is 1. The lowest BCUT2D eigenvalue weighted by atomic mass is 10.1. The summed E-state index contributed by atoms with van der Waals surface area (Å²) in [6, 6.07) is 3.02. The summed E-state index contributed by atoms with van der Waals surface area (Å²) in [5, 5.41) is 2.94. The number of nitrogens with one attached hydrogen (secondary N) is 1. The van der Waals surface area contributed by atoms with Crippen LogP contribution in [0.2, 0.25) is 0 Å². The maximum Gasteiger partial charge on any atom is 0.254 e. The highest BCUT2D eigenvalue weighted by Crippen LogP contribution is 2.20. The van der Waals surface area contributed by atoms with E-state index in [1.807, 2.05) is 0 Å². The Morgan fingerprint density at radius 2 is 2.24 bits per heavy atom. The van der Waals surface area contributed by atoms with Crippen LogP contribution in [-0.4, -0.2) is 53.5 Å². The molecule has 0 radical (unpaired) electrons. The lowest BCUT2D eigenvalue weighted by Gasteiger charge is -2.34. The number of carbonyl (C=O) groups is 2. The van der Waals surface area contributed by atoms with Crippen molar-refractivity contribution in [3.05, 3.63) is 28.5 Å². The van der Waals surface area contributed by atoms with Gasteiger partial charge in [0.2, 0.25) is 5.91 Å². The van der Waals surface area contributed by atoms with Gasteiger partial charge in [-0.25, -0.2) is 4.98 Å². The van der Waals surface area contributed by atoms with Crippen molar-refractivity contribution in [1.29, 1.82) is 0 Å². The largest absolute Gasteiger partial charge is 0.377 e. The predicted octanol–water partition coefficient (Wildman–Crippen LogP) is 0.964. The van der Waals surface area contributed by atoms with Crippen LogP contribution in [-0.2, 0) is 9.53 Å². The lowest BCUT2D eigenvalue weighted by molar-refractivity contribution is -0.130. The third-order valence-corrected chi connectivity index (χ3v) is 4.02. The molecule has 21 heavy (non-hydrogen) atoms. The molecule has 1 aromatic rings. The lowest BCUT2D eigenvalue weighted by Crippen LogP contribution is -2.56. The molecule has 2 fully saturated rings. The number of pyridine rings is 1. The fourth-order valence-electron chi connectivity index (χ4n) is 2.29. The normalized spacial score (nSPS) is 22.0. The Balaban J connectivity index is 1.76. The van der Waals surface area contributed by atoms with Gasteiger partial charge in [-0.1, -0.05) is 0 Å². The molecule has 0 aromatic carbocycles. The minimum absolute atomic E-state index is 0.126. The molecule has 2 amide bonds. The Labute approximate surface area is 131 Å². The average molecular weight is 354 g/mol. The second kappa shape index (κ2) is 6.11. The quantitative estimate of drug-likeness (QED) is 0.821. The second-order valence-electron chi connectivity index (χ2n) is 5.24. The van der Waals surface area contributed by atoms with Gasteiger partial charge < -0.3 is 15.0 Å². The summed E-state index contributed by atoms with van der Waals surface area (Å²) < 4.78 is 5.97. The number of ether oxygens (including phenoxy) is 1. The van der Waals surface area contributed by atoms with Gasteiger partial charge in [-0.3, -0.25) is 9.59 Å². The van der Waals surface area contributed by atoms with Crippen molar-refractivity contribution in [1.82, 2.24) is 15.2 Å². The number of hydrogen-bond donors (Lipinski definition) is 1. The van der Waals surface area contributed by atoms with Gasteiger partial charge in [0.1, 0.15) is 10.6 Å². The number of halogens is 1. The van der Waals surface area contributed by atoms with Gasteiger partial charge >= 0.3 is 0 Å². The molecule has 1 atom stereocenters.